The van der Waals surface area contributed by atoms with Crippen molar-refractivity contribution in [3.05, 3.63) is 48.3 Å². The van der Waals surface area contributed by atoms with Crippen LogP contribution in [0.3, 0.4) is 0 Å². The maximum atomic E-state index is 12.4. The summed E-state index contributed by atoms with van der Waals surface area (Å²) in [7, 11) is 0. The van der Waals surface area contributed by atoms with Crippen molar-refractivity contribution in [3.8, 4) is 11.3 Å². The molecule has 0 spiro atoms. The van der Waals surface area contributed by atoms with Crippen LogP contribution in [0.15, 0.2) is 42.7 Å². The molecule has 0 saturated heterocycles. The van der Waals surface area contributed by atoms with Crippen LogP contribution in [0.2, 0.25) is 0 Å². The Balaban J connectivity index is 2.11. The van der Waals surface area contributed by atoms with Gasteiger partial charge in [-0.05, 0) is 19.1 Å². The van der Waals surface area contributed by atoms with Gasteiger partial charge in [-0.1, -0.05) is 18.2 Å². The van der Waals surface area contributed by atoms with Gasteiger partial charge in [0, 0.05) is 30.2 Å². The van der Waals surface area contributed by atoms with Gasteiger partial charge in [-0.15, -0.1) is 0 Å². The zero-order valence-corrected chi connectivity index (χ0v) is 12.9. The van der Waals surface area contributed by atoms with Crippen LogP contribution >= 0.6 is 0 Å². The van der Waals surface area contributed by atoms with E-state index in [1.165, 1.54) is 0 Å². The highest BCUT2D eigenvalue weighted by Gasteiger charge is 2.14. The van der Waals surface area contributed by atoms with Crippen LogP contribution in [0.5, 0.6) is 0 Å². The minimum atomic E-state index is -0.221. The van der Waals surface area contributed by atoms with E-state index in [0.29, 0.717) is 11.3 Å². The lowest BCUT2D eigenvalue weighted by molar-refractivity contribution is 0.0946. The van der Waals surface area contributed by atoms with Crippen molar-refractivity contribution in [2.45, 2.75) is 13.5 Å². The monoisotopic (exact) mass is 310 g/mol. The second kappa shape index (κ2) is 6.58. The van der Waals surface area contributed by atoms with Crippen LogP contribution in [-0.2, 0) is 6.54 Å². The molecule has 2 heterocycles. The third kappa shape index (κ3) is 3.07. The molecule has 1 aromatic carbocycles. The van der Waals surface area contributed by atoms with Crippen molar-refractivity contribution in [2.75, 3.05) is 13.2 Å². The first-order chi connectivity index (χ1) is 11.2. The number of rotatable bonds is 5. The third-order valence-corrected chi connectivity index (χ3v) is 3.61. The normalized spacial score (nSPS) is 10.9. The van der Waals surface area contributed by atoms with E-state index in [-0.39, 0.29) is 19.1 Å². The number of fused-ring (bicyclic) bond motifs is 1. The zero-order chi connectivity index (χ0) is 16.2. The summed E-state index contributed by atoms with van der Waals surface area (Å²) in [4.78, 5) is 17.0. The summed E-state index contributed by atoms with van der Waals surface area (Å²) in [5.74, 6) is -0.221. The van der Waals surface area contributed by atoms with Gasteiger partial charge in [-0.3, -0.25) is 9.48 Å². The average molecular weight is 310 g/mol. The van der Waals surface area contributed by atoms with Gasteiger partial charge in [-0.25, -0.2) is 4.98 Å². The molecule has 23 heavy (non-hydrogen) atoms. The fourth-order valence-electron chi connectivity index (χ4n) is 2.44. The second-order valence-electron chi connectivity index (χ2n) is 5.14. The quantitative estimate of drug-likeness (QED) is 0.753. The van der Waals surface area contributed by atoms with Crippen molar-refractivity contribution in [1.29, 1.82) is 0 Å². The molecule has 2 aromatic heterocycles. The molecular formula is C17H18N4O2. The summed E-state index contributed by atoms with van der Waals surface area (Å²) in [5.41, 5.74) is 2.87. The van der Waals surface area contributed by atoms with E-state index in [9.17, 15) is 4.79 Å². The van der Waals surface area contributed by atoms with Gasteiger partial charge in [0.2, 0.25) is 0 Å². The number of hydrogen-bond acceptors (Lipinski definition) is 4. The molecule has 3 aromatic rings. The number of pyridine rings is 1. The van der Waals surface area contributed by atoms with E-state index in [1.54, 1.807) is 12.3 Å². The van der Waals surface area contributed by atoms with Gasteiger partial charge >= 0.3 is 0 Å². The number of amides is 1. The van der Waals surface area contributed by atoms with Crippen molar-refractivity contribution in [3.63, 3.8) is 0 Å². The smallest absolute Gasteiger partial charge is 0.252 e. The number of aryl methyl sites for hydroxylation is 1. The van der Waals surface area contributed by atoms with Gasteiger partial charge < -0.3 is 10.4 Å². The van der Waals surface area contributed by atoms with E-state index in [0.717, 1.165) is 23.0 Å². The highest BCUT2D eigenvalue weighted by Crippen LogP contribution is 2.24. The van der Waals surface area contributed by atoms with Crippen molar-refractivity contribution < 1.29 is 9.90 Å². The van der Waals surface area contributed by atoms with E-state index in [4.69, 9.17) is 5.11 Å². The Morgan fingerprint density at radius 1 is 1.35 bits per heavy atom. The number of nitrogens with one attached hydrogen (secondary N) is 1. The van der Waals surface area contributed by atoms with Crippen LogP contribution in [0.25, 0.3) is 22.2 Å². The van der Waals surface area contributed by atoms with E-state index < -0.39 is 0 Å². The Morgan fingerprint density at radius 2 is 2.17 bits per heavy atom. The number of para-hydroxylation sites is 1. The predicted octanol–water partition coefficient (Wildman–Crippen LogP) is 1.84. The number of aliphatic hydroxyl groups is 1. The minimum absolute atomic E-state index is 0.0924. The van der Waals surface area contributed by atoms with E-state index >= 15 is 0 Å². The van der Waals surface area contributed by atoms with Gasteiger partial charge in [0.25, 0.3) is 5.91 Å². The molecule has 0 radical (unpaired) electrons. The maximum Gasteiger partial charge on any atom is 0.252 e. The molecule has 0 aliphatic carbocycles. The molecule has 0 aliphatic rings. The topological polar surface area (TPSA) is 80.0 Å². The van der Waals surface area contributed by atoms with E-state index in [1.807, 2.05) is 42.1 Å². The minimum Gasteiger partial charge on any atom is -0.395 e. The lowest BCUT2D eigenvalue weighted by atomic mass is 10.0. The molecular weight excluding hydrogens is 292 g/mol. The largest absolute Gasteiger partial charge is 0.395 e. The van der Waals surface area contributed by atoms with Crippen LogP contribution in [0.4, 0.5) is 0 Å². The average Bonchev–Trinajstić information content (AvgIpc) is 3.08. The molecule has 6 nitrogen and oxygen atoms in total. The van der Waals surface area contributed by atoms with Gasteiger partial charge in [0.05, 0.1) is 29.6 Å². The van der Waals surface area contributed by atoms with Crippen molar-refractivity contribution in [2.24, 2.45) is 0 Å². The van der Waals surface area contributed by atoms with Crippen molar-refractivity contribution in [1.82, 2.24) is 20.1 Å². The predicted molar refractivity (Wildman–Crippen MR) is 88.1 cm³/mol. The van der Waals surface area contributed by atoms with Crippen LogP contribution < -0.4 is 5.32 Å². The molecule has 3 rings (SSSR count). The Bertz CT molecular complexity index is 841. The summed E-state index contributed by atoms with van der Waals surface area (Å²) < 4.78 is 1.82. The molecule has 0 bridgehead atoms. The summed E-state index contributed by atoms with van der Waals surface area (Å²) in [6.45, 7) is 2.92. The number of aromatic nitrogens is 3. The number of carbonyl (C=O) groups excluding carboxylic acids is 1. The van der Waals surface area contributed by atoms with Gasteiger partial charge in [0.15, 0.2) is 0 Å². The fourth-order valence-corrected chi connectivity index (χ4v) is 2.44. The number of benzene rings is 1. The molecule has 6 heteroatoms. The number of hydrogen-bond donors (Lipinski definition) is 2. The first-order valence-corrected chi connectivity index (χ1v) is 7.54. The molecule has 0 fully saturated rings. The summed E-state index contributed by atoms with van der Waals surface area (Å²) in [5, 5.41) is 16.6. The molecule has 0 aliphatic heterocycles. The fraction of sp³-hybridized carbons (Fsp3) is 0.235. The Kier molecular flexibility index (Phi) is 4.34. The van der Waals surface area contributed by atoms with Crippen molar-refractivity contribution >= 4 is 16.8 Å². The molecule has 0 saturated carbocycles. The highest BCUT2D eigenvalue weighted by molar-refractivity contribution is 6.07. The standard InChI is InChI=1S/C17H18N4O2/c1-2-21-11-12(10-19-21)16-9-14(17(23)18-7-8-22)13-5-3-4-6-15(13)20-16/h3-6,9-11,22H,2,7-8H2,1H3,(H,18,23). The first kappa shape index (κ1) is 15.2. The molecule has 2 N–H and O–H groups in total. The molecule has 1 amide bonds. The summed E-state index contributed by atoms with van der Waals surface area (Å²) >= 11 is 0. The molecule has 0 unspecified atom stereocenters. The zero-order valence-electron chi connectivity index (χ0n) is 12.9. The van der Waals surface area contributed by atoms with E-state index in [2.05, 4.69) is 15.4 Å². The van der Waals surface area contributed by atoms with Crippen LogP contribution in [0, 0.1) is 0 Å². The maximum absolute atomic E-state index is 12.4. The van der Waals surface area contributed by atoms with Gasteiger partial charge in [0.1, 0.15) is 0 Å². The number of carbonyl (C=O) groups is 1. The summed E-state index contributed by atoms with van der Waals surface area (Å²) in [6.07, 6.45) is 3.66. The second-order valence-corrected chi connectivity index (χ2v) is 5.14. The SMILES string of the molecule is CCn1cc(-c2cc(C(=O)NCCO)c3ccccc3n2)cn1. The van der Waals surface area contributed by atoms with Crippen LogP contribution in [0.1, 0.15) is 17.3 Å². The lowest BCUT2D eigenvalue weighted by Gasteiger charge is -2.09. The molecule has 0 atom stereocenters. The van der Waals surface area contributed by atoms with Crippen LogP contribution in [-0.4, -0.2) is 38.9 Å². The molecule has 118 valence electrons. The number of nitrogens with zero attached hydrogens (tertiary/aromatic N) is 3. The Morgan fingerprint density at radius 3 is 2.91 bits per heavy atom. The van der Waals surface area contributed by atoms with Gasteiger partial charge in [-0.2, -0.15) is 5.10 Å². The Labute approximate surface area is 133 Å². The highest BCUT2D eigenvalue weighted by atomic mass is 16.3. The third-order valence-electron chi connectivity index (χ3n) is 3.61. The lowest BCUT2D eigenvalue weighted by Crippen LogP contribution is -2.26. The Hall–Kier alpha value is -2.73. The summed E-state index contributed by atoms with van der Waals surface area (Å²) in [6, 6.07) is 9.29. The number of aliphatic hydroxyl groups excluding tert-OH is 1. The first-order valence-electron chi connectivity index (χ1n) is 7.54.